The molecule has 2 aromatic carbocycles. The van der Waals surface area contributed by atoms with Crippen molar-refractivity contribution >= 4 is 16.8 Å². The topological polar surface area (TPSA) is 90.5 Å². The van der Waals surface area contributed by atoms with Crippen LogP contribution in [0, 0.1) is 5.82 Å². The molecule has 8 heteroatoms. The SMILES string of the molecule is CCc1cc(O)c(F)cc1-c1cc(O[C@H]2CC[C@H](NC(=O)/C=C/CN(C)C)C2)c2cn[nH]c2c1. The maximum atomic E-state index is 14.2. The Morgan fingerprint density at radius 1 is 1.32 bits per heavy atom. The third-order valence-corrected chi connectivity index (χ3v) is 6.15. The van der Waals surface area contributed by atoms with E-state index in [-0.39, 0.29) is 23.8 Å². The van der Waals surface area contributed by atoms with E-state index in [4.69, 9.17) is 4.74 Å². The Morgan fingerprint density at radius 3 is 2.91 bits per heavy atom. The van der Waals surface area contributed by atoms with E-state index < -0.39 is 5.82 Å². The first-order chi connectivity index (χ1) is 16.3. The van der Waals surface area contributed by atoms with Gasteiger partial charge in [-0.05, 0) is 74.3 Å². The molecule has 1 amide bonds. The fourth-order valence-electron chi connectivity index (χ4n) is 4.42. The Kier molecular flexibility index (Phi) is 7.17. The van der Waals surface area contributed by atoms with Crippen LogP contribution in [0.2, 0.25) is 0 Å². The molecule has 7 nitrogen and oxygen atoms in total. The van der Waals surface area contributed by atoms with Crippen molar-refractivity contribution in [2.24, 2.45) is 0 Å². The lowest BCUT2D eigenvalue weighted by Gasteiger charge is -2.17. The van der Waals surface area contributed by atoms with Gasteiger partial charge in [-0.1, -0.05) is 13.0 Å². The van der Waals surface area contributed by atoms with Gasteiger partial charge in [-0.25, -0.2) is 4.39 Å². The van der Waals surface area contributed by atoms with Crippen molar-refractivity contribution in [3.05, 3.63) is 54.0 Å². The number of halogens is 1. The number of hydrogen-bond acceptors (Lipinski definition) is 5. The zero-order valence-electron chi connectivity index (χ0n) is 19.8. The van der Waals surface area contributed by atoms with Crippen LogP contribution in [0.1, 0.15) is 31.7 Å². The summed E-state index contributed by atoms with van der Waals surface area (Å²) in [6, 6.07) is 6.71. The third kappa shape index (κ3) is 5.39. The molecule has 0 bridgehead atoms. The highest BCUT2D eigenvalue weighted by Gasteiger charge is 2.28. The number of H-pyrrole nitrogens is 1. The normalized spacial score (nSPS) is 18.3. The maximum absolute atomic E-state index is 14.2. The van der Waals surface area contributed by atoms with E-state index in [2.05, 4.69) is 15.5 Å². The molecule has 1 fully saturated rings. The van der Waals surface area contributed by atoms with E-state index in [0.717, 1.165) is 34.9 Å². The van der Waals surface area contributed by atoms with Crippen LogP contribution in [-0.2, 0) is 11.2 Å². The highest BCUT2D eigenvalue weighted by Crippen LogP contribution is 2.37. The predicted molar refractivity (Wildman–Crippen MR) is 130 cm³/mol. The van der Waals surface area contributed by atoms with Crippen LogP contribution in [0.25, 0.3) is 22.0 Å². The number of ether oxygens (including phenoxy) is 1. The van der Waals surface area contributed by atoms with Crippen LogP contribution in [-0.4, -0.2) is 58.9 Å². The van der Waals surface area contributed by atoms with Crippen molar-refractivity contribution in [2.45, 2.75) is 44.8 Å². The van der Waals surface area contributed by atoms with Gasteiger partial charge in [0.2, 0.25) is 5.91 Å². The van der Waals surface area contributed by atoms with Gasteiger partial charge in [0.25, 0.3) is 0 Å². The minimum absolute atomic E-state index is 0.0494. The largest absolute Gasteiger partial charge is 0.505 e. The molecule has 2 atom stereocenters. The Balaban J connectivity index is 1.51. The second kappa shape index (κ2) is 10.3. The van der Waals surface area contributed by atoms with E-state index in [1.54, 1.807) is 12.3 Å². The lowest BCUT2D eigenvalue weighted by molar-refractivity contribution is -0.117. The summed E-state index contributed by atoms with van der Waals surface area (Å²) in [6.07, 6.45) is 8.12. The molecule has 3 N–H and O–H groups in total. The van der Waals surface area contributed by atoms with Crippen molar-refractivity contribution in [3.8, 4) is 22.6 Å². The molecule has 1 aliphatic carbocycles. The number of nitrogens with zero attached hydrogens (tertiary/aromatic N) is 2. The third-order valence-electron chi connectivity index (χ3n) is 6.15. The first-order valence-electron chi connectivity index (χ1n) is 11.6. The molecule has 3 aromatic rings. The summed E-state index contributed by atoms with van der Waals surface area (Å²) < 4.78 is 20.6. The number of aromatic hydroxyl groups is 1. The molecule has 0 radical (unpaired) electrons. The first-order valence-corrected chi connectivity index (χ1v) is 11.6. The zero-order valence-corrected chi connectivity index (χ0v) is 19.8. The highest BCUT2D eigenvalue weighted by atomic mass is 19.1. The average molecular weight is 467 g/mol. The second-order valence-corrected chi connectivity index (χ2v) is 9.04. The number of fused-ring (bicyclic) bond motifs is 1. The van der Waals surface area contributed by atoms with E-state index in [0.29, 0.717) is 30.7 Å². The summed E-state index contributed by atoms with van der Waals surface area (Å²) in [4.78, 5) is 14.2. The molecular formula is C26H31FN4O3. The molecule has 0 aliphatic heterocycles. The molecule has 180 valence electrons. The Bertz CT molecular complexity index is 1200. The molecule has 1 aromatic heterocycles. The van der Waals surface area contributed by atoms with Gasteiger partial charge in [0, 0.05) is 25.1 Å². The van der Waals surface area contributed by atoms with Crippen molar-refractivity contribution in [1.29, 1.82) is 0 Å². The zero-order chi connectivity index (χ0) is 24.2. The van der Waals surface area contributed by atoms with Gasteiger partial charge in [-0.15, -0.1) is 0 Å². The Labute approximate surface area is 198 Å². The Hall–Kier alpha value is -3.39. The summed E-state index contributed by atoms with van der Waals surface area (Å²) in [7, 11) is 3.91. The summed E-state index contributed by atoms with van der Waals surface area (Å²) >= 11 is 0. The molecule has 1 aliphatic rings. The monoisotopic (exact) mass is 466 g/mol. The van der Waals surface area contributed by atoms with Crippen molar-refractivity contribution in [1.82, 2.24) is 20.4 Å². The number of hydrogen-bond donors (Lipinski definition) is 3. The molecular weight excluding hydrogens is 435 g/mol. The number of carbonyl (C=O) groups is 1. The van der Waals surface area contributed by atoms with Gasteiger partial charge < -0.3 is 20.1 Å². The van der Waals surface area contributed by atoms with Gasteiger partial charge in [-0.2, -0.15) is 5.10 Å². The summed E-state index contributed by atoms with van der Waals surface area (Å²) in [6.45, 7) is 2.68. The number of rotatable bonds is 8. The van der Waals surface area contributed by atoms with Crippen LogP contribution in [0.3, 0.4) is 0 Å². The van der Waals surface area contributed by atoms with E-state index in [9.17, 15) is 14.3 Å². The van der Waals surface area contributed by atoms with Crippen molar-refractivity contribution < 1.29 is 19.0 Å². The maximum Gasteiger partial charge on any atom is 0.243 e. The second-order valence-electron chi connectivity index (χ2n) is 9.04. The van der Waals surface area contributed by atoms with E-state index in [1.165, 1.54) is 12.1 Å². The number of phenolic OH excluding ortho intramolecular Hbond substituents is 1. The molecule has 4 rings (SSSR count). The standard InChI is InChI=1S/C26H31FN4O3/c1-4-16-11-24(32)22(27)14-20(16)17-10-23-21(15-28-30-23)25(12-17)34-19-8-7-18(13-19)29-26(33)6-5-9-31(2)3/h5-6,10-12,14-15,18-19,32H,4,7-9,13H2,1-3H3,(H,28,30)(H,29,33)/b6-5+/t18-,19-/m0/s1. The van der Waals surface area contributed by atoms with Crippen LogP contribution < -0.4 is 10.1 Å². The van der Waals surface area contributed by atoms with Gasteiger partial charge in [0.05, 0.1) is 17.1 Å². The van der Waals surface area contributed by atoms with Gasteiger partial charge in [0.15, 0.2) is 11.6 Å². The van der Waals surface area contributed by atoms with Crippen LogP contribution in [0.15, 0.2) is 42.6 Å². The van der Waals surface area contributed by atoms with Gasteiger partial charge in [-0.3, -0.25) is 9.89 Å². The van der Waals surface area contributed by atoms with Crippen LogP contribution in [0.4, 0.5) is 4.39 Å². The van der Waals surface area contributed by atoms with Gasteiger partial charge in [0.1, 0.15) is 11.9 Å². The molecule has 34 heavy (non-hydrogen) atoms. The number of amides is 1. The number of likely N-dealkylation sites (N-methyl/N-ethyl adjacent to an activating group) is 1. The minimum atomic E-state index is -0.659. The molecule has 0 saturated heterocycles. The minimum Gasteiger partial charge on any atom is -0.505 e. The number of benzene rings is 2. The molecule has 0 unspecified atom stereocenters. The quantitative estimate of drug-likeness (QED) is 0.434. The molecule has 1 heterocycles. The predicted octanol–water partition coefficient (Wildman–Crippen LogP) is 4.17. The molecule has 0 spiro atoms. The average Bonchev–Trinajstić information content (AvgIpc) is 3.44. The fourth-order valence-corrected chi connectivity index (χ4v) is 4.42. The summed E-state index contributed by atoms with van der Waals surface area (Å²) in [5, 5.41) is 20.8. The number of nitrogens with one attached hydrogen (secondary N) is 2. The number of aromatic nitrogens is 2. The summed E-state index contributed by atoms with van der Waals surface area (Å²) in [5.41, 5.74) is 3.13. The van der Waals surface area contributed by atoms with Crippen LogP contribution >= 0.6 is 0 Å². The first kappa shape index (κ1) is 23.8. The van der Waals surface area contributed by atoms with Crippen molar-refractivity contribution in [3.63, 3.8) is 0 Å². The van der Waals surface area contributed by atoms with E-state index in [1.807, 2.05) is 44.1 Å². The number of aromatic amines is 1. The van der Waals surface area contributed by atoms with E-state index >= 15 is 0 Å². The Morgan fingerprint density at radius 2 is 2.15 bits per heavy atom. The molecule has 1 saturated carbocycles. The number of carbonyl (C=O) groups excluding carboxylic acids is 1. The lowest BCUT2D eigenvalue weighted by Crippen LogP contribution is -2.32. The fraction of sp³-hybridized carbons (Fsp3) is 0.385. The van der Waals surface area contributed by atoms with Crippen LogP contribution in [0.5, 0.6) is 11.5 Å². The number of phenols is 1. The summed E-state index contributed by atoms with van der Waals surface area (Å²) in [5.74, 6) is -0.434. The highest BCUT2D eigenvalue weighted by molar-refractivity contribution is 5.90. The number of aryl methyl sites for hydroxylation is 1. The smallest absolute Gasteiger partial charge is 0.243 e. The van der Waals surface area contributed by atoms with Gasteiger partial charge >= 0.3 is 0 Å². The van der Waals surface area contributed by atoms with Crippen molar-refractivity contribution in [2.75, 3.05) is 20.6 Å². The lowest BCUT2D eigenvalue weighted by atomic mass is 9.96.